The van der Waals surface area contributed by atoms with Crippen LogP contribution in [-0.4, -0.2) is 77.1 Å². The average Bonchev–Trinajstić information content (AvgIpc) is 3.03. The van der Waals surface area contributed by atoms with Crippen LogP contribution in [0, 0.1) is 0 Å². The Balaban J connectivity index is 1.81. The zero-order valence-corrected chi connectivity index (χ0v) is 33.8. The van der Waals surface area contributed by atoms with Crippen molar-refractivity contribution in [3.05, 3.63) is 91.0 Å². The lowest BCUT2D eigenvalue weighted by Crippen LogP contribution is -2.66. The van der Waals surface area contributed by atoms with Crippen LogP contribution in [0.1, 0.15) is 12.8 Å². The van der Waals surface area contributed by atoms with Crippen molar-refractivity contribution in [1.29, 1.82) is 0 Å². The highest BCUT2D eigenvalue weighted by molar-refractivity contribution is 7.02. The average molecular weight is 703 g/mol. The minimum absolute atomic E-state index is 0.617. The van der Waals surface area contributed by atoms with Crippen molar-refractivity contribution in [2.75, 3.05) is 34.5 Å². The molecule has 0 radical (unpaired) electrons. The summed E-state index contributed by atoms with van der Waals surface area (Å²) in [5.74, 6) is 0. The highest BCUT2D eigenvalue weighted by Crippen LogP contribution is 2.28. The van der Waals surface area contributed by atoms with Crippen molar-refractivity contribution in [2.45, 2.75) is 64.2 Å². The van der Waals surface area contributed by atoms with Crippen LogP contribution >= 0.6 is 0 Å². The van der Waals surface area contributed by atoms with Crippen LogP contribution in [0.2, 0.25) is 51.4 Å². The van der Waals surface area contributed by atoms with E-state index in [4.69, 9.17) is 30.4 Å². The third kappa shape index (κ3) is 11.0. The minimum Gasteiger partial charge on any atom is -0.433 e. The van der Waals surface area contributed by atoms with E-state index in [-0.39, 0.29) is 0 Å². The maximum absolute atomic E-state index is 7.50. The maximum atomic E-state index is 7.50. The first-order valence-electron chi connectivity index (χ1n) is 15.8. The summed E-state index contributed by atoms with van der Waals surface area (Å²) in [6, 6.07) is 33.4. The van der Waals surface area contributed by atoms with Crippen LogP contribution in [0.3, 0.4) is 0 Å². The summed E-state index contributed by atoms with van der Waals surface area (Å²) in [7, 11) is -7.96. The lowest BCUT2D eigenvalue weighted by Gasteiger charge is -2.43. The Morgan fingerprint density at radius 1 is 0.489 bits per heavy atom. The normalized spacial score (nSPS) is 14.3. The Hall–Kier alpha value is -1.54. The van der Waals surface area contributed by atoms with Gasteiger partial charge in [0.2, 0.25) is 16.6 Å². The number of hydrogen-bond donors (Lipinski definition) is 0. The molecule has 0 N–H and O–H groups in total. The molecule has 7 nitrogen and oxygen atoms in total. The fourth-order valence-electron chi connectivity index (χ4n) is 5.95. The van der Waals surface area contributed by atoms with Crippen LogP contribution in [0.15, 0.2) is 91.0 Å². The Morgan fingerprint density at radius 2 is 0.911 bits per heavy atom. The van der Waals surface area contributed by atoms with Gasteiger partial charge >= 0.3 is 25.9 Å². The van der Waals surface area contributed by atoms with Gasteiger partial charge in [-0.3, -0.25) is 0 Å². The van der Waals surface area contributed by atoms with Gasteiger partial charge in [0.1, 0.15) is 0 Å². The van der Waals surface area contributed by atoms with Gasteiger partial charge in [0.25, 0.3) is 0 Å². The molecule has 45 heavy (non-hydrogen) atoms. The van der Waals surface area contributed by atoms with Gasteiger partial charge in [-0.2, -0.15) is 0 Å². The molecule has 248 valence electrons. The largest absolute Gasteiger partial charge is 0.500 e. The Bertz CT molecular complexity index is 1220. The molecule has 0 saturated heterocycles. The molecule has 0 spiro atoms. The third-order valence-corrected chi connectivity index (χ3v) is 27.9. The third-order valence-electron chi connectivity index (χ3n) is 8.13. The predicted molar refractivity (Wildman–Crippen MR) is 196 cm³/mol. The minimum atomic E-state index is -2.81. The second kappa shape index (κ2) is 17.0. The second-order valence-electron chi connectivity index (χ2n) is 12.6. The van der Waals surface area contributed by atoms with E-state index in [1.54, 1.807) is 21.3 Å². The zero-order chi connectivity index (χ0) is 33.0. The fourth-order valence-corrected chi connectivity index (χ4v) is 27.3. The predicted octanol–water partition coefficient (Wildman–Crippen LogP) is 5.99. The van der Waals surface area contributed by atoms with Gasteiger partial charge in [-0.25, -0.2) is 0 Å². The molecular weight excluding hydrogens is 649 g/mol. The molecular formula is C33H54O7Si5. The summed E-state index contributed by atoms with van der Waals surface area (Å²) < 4.78 is 44.5. The topological polar surface area (TPSA) is 64.6 Å². The monoisotopic (exact) mass is 702 g/mol. The number of rotatable bonds is 20. The molecule has 1 unspecified atom stereocenters. The second-order valence-corrected chi connectivity index (χ2v) is 30.5. The van der Waals surface area contributed by atoms with E-state index in [2.05, 4.69) is 130 Å². The van der Waals surface area contributed by atoms with Crippen molar-refractivity contribution < 1.29 is 30.4 Å². The van der Waals surface area contributed by atoms with Crippen LogP contribution in [-0.2, 0) is 30.4 Å². The SMILES string of the molecule is CO[Si](CCCOCCC[Si](C)(O[Si](C)(C)O[Si](C)(C)c1ccccc1)O[Si](C)(c1ccccc1)c1ccccc1)(OC)OC. The maximum Gasteiger partial charge on any atom is 0.500 e. The molecule has 0 amide bonds. The van der Waals surface area contributed by atoms with Gasteiger partial charge in [-0.15, -0.1) is 0 Å². The summed E-state index contributed by atoms with van der Waals surface area (Å²) >= 11 is 0. The molecule has 0 heterocycles. The molecule has 0 fully saturated rings. The smallest absolute Gasteiger partial charge is 0.433 e. The first-order chi connectivity index (χ1) is 21.3. The summed E-state index contributed by atoms with van der Waals surface area (Å²) in [6.07, 6.45) is 1.64. The molecule has 0 aliphatic heterocycles. The van der Waals surface area contributed by atoms with Gasteiger partial charge in [-0.1, -0.05) is 91.0 Å². The van der Waals surface area contributed by atoms with Crippen molar-refractivity contribution in [2.24, 2.45) is 0 Å². The van der Waals surface area contributed by atoms with Gasteiger partial charge < -0.3 is 30.4 Å². The highest BCUT2D eigenvalue weighted by atomic mass is 28.5. The molecule has 0 aliphatic carbocycles. The highest BCUT2D eigenvalue weighted by Gasteiger charge is 2.48. The van der Waals surface area contributed by atoms with E-state index >= 15 is 0 Å². The molecule has 0 bridgehead atoms. The van der Waals surface area contributed by atoms with Gasteiger partial charge in [-0.05, 0) is 73.7 Å². The van der Waals surface area contributed by atoms with Crippen LogP contribution in [0.4, 0.5) is 0 Å². The summed E-state index contributed by atoms with van der Waals surface area (Å²) in [4.78, 5) is 0. The molecule has 12 heteroatoms. The summed E-state index contributed by atoms with van der Waals surface area (Å²) in [5, 5.41) is 3.73. The molecule has 0 aromatic heterocycles. The van der Waals surface area contributed by atoms with Crippen LogP contribution < -0.4 is 15.6 Å². The lowest BCUT2D eigenvalue weighted by molar-refractivity contribution is 0.107. The quantitative estimate of drug-likeness (QED) is 0.106. The number of ether oxygens (including phenoxy) is 1. The zero-order valence-electron chi connectivity index (χ0n) is 28.8. The molecule has 1 atom stereocenters. The summed E-state index contributed by atoms with van der Waals surface area (Å²) in [5.41, 5.74) is 0. The Morgan fingerprint density at radius 3 is 1.36 bits per heavy atom. The van der Waals surface area contributed by atoms with Crippen molar-refractivity contribution >= 4 is 58.1 Å². The number of benzene rings is 3. The van der Waals surface area contributed by atoms with E-state index in [1.165, 1.54) is 15.6 Å². The van der Waals surface area contributed by atoms with E-state index in [0.717, 1.165) is 18.9 Å². The van der Waals surface area contributed by atoms with Crippen molar-refractivity contribution in [1.82, 2.24) is 0 Å². The van der Waals surface area contributed by atoms with Gasteiger partial charge in [0.15, 0.2) is 0 Å². The van der Waals surface area contributed by atoms with E-state index in [0.29, 0.717) is 19.3 Å². The molecule has 0 saturated carbocycles. The molecule has 3 rings (SSSR count). The lowest BCUT2D eigenvalue weighted by atomic mass is 10.4. The molecule has 3 aromatic rings. The Labute approximate surface area is 277 Å². The van der Waals surface area contributed by atoms with Crippen LogP contribution in [0.25, 0.3) is 0 Å². The van der Waals surface area contributed by atoms with Crippen molar-refractivity contribution in [3.8, 4) is 0 Å². The first kappa shape index (κ1) is 37.9. The first-order valence-corrected chi connectivity index (χ1v) is 28.4. The summed E-state index contributed by atoms with van der Waals surface area (Å²) in [6.45, 7) is 14.6. The Kier molecular flexibility index (Phi) is 14.4. The molecule has 0 aliphatic rings. The van der Waals surface area contributed by atoms with Gasteiger partial charge in [0.05, 0.1) is 0 Å². The van der Waals surface area contributed by atoms with Crippen LogP contribution in [0.5, 0.6) is 0 Å². The van der Waals surface area contributed by atoms with E-state index in [1.807, 2.05) is 0 Å². The van der Waals surface area contributed by atoms with E-state index in [9.17, 15) is 0 Å². The van der Waals surface area contributed by atoms with E-state index < -0.39 is 42.6 Å². The molecule has 3 aromatic carbocycles. The van der Waals surface area contributed by atoms with Crippen molar-refractivity contribution in [3.63, 3.8) is 0 Å². The fraction of sp³-hybridized carbons (Fsp3) is 0.455. The number of hydrogen-bond acceptors (Lipinski definition) is 7. The van der Waals surface area contributed by atoms with Gasteiger partial charge in [0, 0.05) is 40.6 Å². The standard InChI is InChI=1S/C33H54O7Si5/c1-34-45(35-2,36-3)30-20-28-37-27-19-29-43(8,39-42(6,7)38-41(4,5)31-21-13-10-14-22-31)40-44(9,32-23-15-11-16-24-32)33-25-17-12-18-26-33/h10-18,21-26H,19-20,27-30H2,1-9H3.